The van der Waals surface area contributed by atoms with Crippen LogP contribution in [0.3, 0.4) is 0 Å². The first-order valence-electron chi connectivity index (χ1n) is 5.11. The molecule has 0 atom stereocenters. The molecule has 0 saturated heterocycles. The van der Waals surface area contributed by atoms with Crippen LogP contribution in [0.4, 0.5) is 4.39 Å². The molecule has 0 amide bonds. The van der Waals surface area contributed by atoms with Gasteiger partial charge in [0.05, 0.1) is 5.56 Å². The number of benzene rings is 1. The van der Waals surface area contributed by atoms with E-state index in [2.05, 4.69) is 0 Å². The number of carbonyl (C=O) groups excluding carboxylic acids is 2. The lowest BCUT2D eigenvalue weighted by Gasteiger charge is -2.01. The monoisotopic (exact) mass is 252 g/mol. The average molecular weight is 252 g/mol. The fraction of sp³-hybridized carbons (Fsp3) is 0.231. The van der Waals surface area contributed by atoms with Gasteiger partial charge in [-0.3, -0.25) is 9.59 Å². The third kappa shape index (κ3) is 4.15. The number of Topliss-reactive ketones (excluding diaryl/α,β-unsaturated/α-hetero) is 1. The zero-order valence-electron chi connectivity index (χ0n) is 9.70. The highest BCUT2D eigenvalue weighted by Crippen LogP contribution is 2.15. The predicted molar refractivity (Wildman–Crippen MR) is 68.6 cm³/mol. The summed E-state index contributed by atoms with van der Waals surface area (Å²) >= 11 is 1.15. The molecule has 0 bridgehead atoms. The third-order valence-electron chi connectivity index (χ3n) is 2.09. The van der Waals surface area contributed by atoms with Gasteiger partial charge in [-0.25, -0.2) is 4.39 Å². The number of rotatable bonds is 4. The van der Waals surface area contributed by atoms with Crippen molar-refractivity contribution in [2.24, 2.45) is 0 Å². The van der Waals surface area contributed by atoms with Gasteiger partial charge in [-0.1, -0.05) is 36.0 Å². The van der Waals surface area contributed by atoms with Gasteiger partial charge in [-0.15, -0.1) is 0 Å². The van der Waals surface area contributed by atoms with Gasteiger partial charge in [0.1, 0.15) is 5.82 Å². The molecule has 4 heteroatoms. The SMILES string of the molecule is CC(=O)SCC=Cc1cccc(C(C)=O)c1F. The maximum atomic E-state index is 13.8. The molecule has 1 aromatic rings. The number of ketones is 1. The van der Waals surface area contributed by atoms with Crippen LogP contribution >= 0.6 is 11.8 Å². The van der Waals surface area contributed by atoms with Crippen molar-refractivity contribution >= 4 is 28.7 Å². The Morgan fingerprint density at radius 3 is 2.65 bits per heavy atom. The van der Waals surface area contributed by atoms with Crippen LogP contribution in [0.2, 0.25) is 0 Å². The molecular formula is C13H13FO2S. The standard InChI is InChI=1S/C13H13FO2S/c1-9(15)12-7-3-5-11(13(12)14)6-4-8-17-10(2)16/h3-7H,8H2,1-2H3. The highest BCUT2D eigenvalue weighted by molar-refractivity contribution is 8.13. The van der Waals surface area contributed by atoms with Gasteiger partial charge in [-0.2, -0.15) is 0 Å². The van der Waals surface area contributed by atoms with E-state index in [1.54, 1.807) is 24.3 Å². The van der Waals surface area contributed by atoms with Crippen molar-refractivity contribution in [2.75, 3.05) is 5.75 Å². The minimum Gasteiger partial charge on any atom is -0.294 e. The van der Waals surface area contributed by atoms with Gasteiger partial charge in [0.25, 0.3) is 0 Å². The minimum atomic E-state index is -0.510. The molecule has 0 radical (unpaired) electrons. The van der Waals surface area contributed by atoms with Crippen molar-refractivity contribution in [3.63, 3.8) is 0 Å². The van der Waals surface area contributed by atoms with E-state index in [1.165, 1.54) is 19.9 Å². The molecule has 0 spiro atoms. The highest BCUT2D eigenvalue weighted by Gasteiger charge is 2.09. The maximum Gasteiger partial charge on any atom is 0.186 e. The summed E-state index contributed by atoms with van der Waals surface area (Å²) in [5.74, 6) is -0.307. The molecule has 17 heavy (non-hydrogen) atoms. The number of carbonyl (C=O) groups is 2. The Morgan fingerprint density at radius 1 is 1.35 bits per heavy atom. The summed E-state index contributed by atoms with van der Waals surface area (Å²) in [4.78, 5) is 21.8. The summed E-state index contributed by atoms with van der Waals surface area (Å²) in [5.41, 5.74) is 0.452. The quantitative estimate of drug-likeness (QED) is 0.771. The van der Waals surface area contributed by atoms with Crippen LogP contribution in [-0.2, 0) is 4.79 Å². The second-order valence-electron chi connectivity index (χ2n) is 3.47. The van der Waals surface area contributed by atoms with Gasteiger partial charge in [0.2, 0.25) is 0 Å². The van der Waals surface area contributed by atoms with Crippen molar-refractivity contribution in [2.45, 2.75) is 13.8 Å². The molecule has 90 valence electrons. The van der Waals surface area contributed by atoms with E-state index < -0.39 is 5.82 Å². The zero-order valence-corrected chi connectivity index (χ0v) is 10.5. The van der Waals surface area contributed by atoms with Gasteiger partial charge < -0.3 is 0 Å². The van der Waals surface area contributed by atoms with Crippen LogP contribution < -0.4 is 0 Å². The van der Waals surface area contributed by atoms with Gasteiger partial charge >= 0.3 is 0 Å². The molecular weight excluding hydrogens is 239 g/mol. The van der Waals surface area contributed by atoms with Crippen LogP contribution in [0.1, 0.15) is 29.8 Å². The summed E-state index contributed by atoms with van der Waals surface area (Å²) < 4.78 is 13.8. The molecule has 2 nitrogen and oxygen atoms in total. The molecule has 0 unspecified atom stereocenters. The molecule has 1 rings (SSSR count). The fourth-order valence-corrected chi connectivity index (χ4v) is 1.72. The molecule has 0 N–H and O–H groups in total. The first kappa shape index (κ1) is 13.6. The van der Waals surface area contributed by atoms with E-state index in [0.717, 1.165) is 11.8 Å². The van der Waals surface area contributed by atoms with Crippen LogP contribution in [0.15, 0.2) is 24.3 Å². The maximum absolute atomic E-state index is 13.8. The first-order chi connectivity index (χ1) is 8.02. The lowest BCUT2D eigenvalue weighted by Crippen LogP contribution is -1.98. The number of hydrogen-bond donors (Lipinski definition) is 0. The molecule has 0 saturated carbocycles. The Morgan fingerprint density at radius 2 is 2.06 bits per heavy atom. The second kappa shape index (κ2) is 6.35. The normalized spacial score (nSPS) is 10.8. The van der Waals surface area contributed by atoms with E-state index in [-0.39, 0.29) is 16.5 Å². The van der Waals surface area contributed by atoms with E-state index in [9.17, 15) is 14.0 Å². The Balaban J connectivity index is 2.81. The summed E-state index contributed by atoms with van der Waals surface area (Å²) in [5, 5.41) is 0.0209. The summed E-state index contributed by atoms with van der Waals surface area (Å²) in [6.45, 7) is 2.81. The Kier molecular flexibility index (Phi) is 5.10. The molecule has 0 aromatic heterocycles. The van der Waals surface area contributed by atoms with Crippen LogP contribution in [0.25, 0.3) is 6.08 Å². The van der Waals surface area contributed by atoms with E-state index in [0.29, 0.717) is 11.3 Å². The Labute approximate surface area is 104 Å². The fourth-order valence-electron chi connectivity index (χ4n) is 1.29. The highest BCUT2D eigenvalue weighted by atomic mass is 32.2. The number of thioether (sulfide) groups is 1. The molecule has 0 heterocycles. The predicted octanol–water partition coefficient (Wildman–Crippen LogP) is 3.32. The zero-order chi connectivity index (χ0) is 12.8. The lowest BCUT2D eigenvalue weighted by atomic mass is 10.1. The van der Waals surface area contributed by atoms with Crippen molar-refractivity contribution in [3.8, 4) is 0 Å². The van der Waals surface area contributed by atoms with E-state index >= 15 is 0 Å². The van der Waals surface area contributed by atoms with Crippen LogP contribution in [0.5, 0.6) is 0 Å². The third-order valence-corrected chi connectivity index (χ3v) is 2.85. The Bertz CT molecular complexity index is 466. The van der Waals surface area contributed by atoms with Crippen molar-refractivity contribution < 1.29 is 14.0 Å². The topological polar surface area (TPSA) is 34.1 Å². The molecule has 0 aliphatic heterocycles. The summed E-state index contributed by atoms with van der Waals surface area (Å²) in [7, 11) is 0. The smallest absolute Gasteiger partial charge is 0.186 e. The molecule has 0 aliphatic carbocycles. The molecule has 0 fully saturated rings. The minimum absolute atomic E-state index is 0.0209. The lowest BCUT2D eigenvalue weighted by molar-refractivity contribution is -0.109. The van der Waals surface area contributed by atoms with Gasteiger partial charge in [0.15, 0.2) is 10.9 Å². The molecule has 0 aliphatic rings. The molecule has 1 aromatic carbocycles. The average Bonchev–Trinajstić information content (AvgIpc) is 2.25. The van der Waals surface area contributed by atoms with Crippen molar-refractivity contribution in [3.05, 3.63) is 41.2 Å². The second-order valence-corrected chi connectivity index (χ2v) is 4.67. The number of hydrogen-bond acceptors (Lipinski definition) is 3. The summed E-state index contributed by atoms with van der Waals surface area (Å²) in [6.07, 6.45) is 3.28. The van der Waals surface area contributed by atoms with Crippen molar-refractivity contribution in [1.29, 1.82) is 0 Å². The van der Waals surface area contributed by atoms with Gasteiger partial charge in [-0.05, 0) is 13.0 Å². The van der Waals surface area contributed by atoms with Crippen LogP contribution in [0, 0.1) is 5.82 Å². The number of halogens is 1. The summed E-state index contributed by atoms with van der Waals surface area (Å²) in [6, 6.07) is 4.69. The largest absolute Gasteiger partial charge is 0.294 e. The van der Waals surface area contributed by atoms with E-state index in [4.69, 9.17) is 0 Å². The van der Waals surface area contributed by atoms with Crippen molar-refractivity contribution in [1.82, 2.24) is 0 Å². The Hall–Kier alpha value is -1.42. The van der Waals surface area contributed by atoms with Gasteiger partial charge in [0, 0.05) is 18.2 Å². The first-order valence-corrected chi connectivity index (χ1v) is 6.10. The van der Waals surface area contributed by atoms with Crippen LogP contribution in [-0.4, -0.2) is 16.7 Å². The van der Waals surface area contributed by atoms with E-state index in [1.807, 2.05) is 0 Å².